The zero-order valence-corrected chi connectivity index (χ0v) is 18.0. The van der Waals surface area contributed by atoms with Gasteiger partial charge < -0.3 is 5.32 Å². The molecule has 1 aliphatic heterocycles. The van der Waals surface area contributed by atoms with E-state index in [1.807, 2.05) is 63.2 Å². The highest BCUT2D eigenvalue weighted by Crippen LogP contribution is 2.35. The van der Waals surface area contributed by atoms with E-state index in [9.17, 15) is 14.0 Å². The van der Waals surface area contributed by atoms with Crippen molar-refractivity contribution in [3.8, 4) is 0 Å². The molecule has 4 nitrogen and oxygen atoms in total. The van der Waals surface area contributed by atoms with Crippen molar-refractivity contribution in [1.29, 1.82) is 0 Å². The first kappa shape index (κ1) is 20.8. The van der Waals surface area contributed by atoms with Crippen molar-refractivity contribution in [2.75, 3.05) is 10.2 Å². The molecule has 6 heteroatoms. The molecule has 0 spiro atoms. The Labute approximate surface area is 185 Å². The molecule has 2 amide bonds. The van der Waals surface area contributed by atoms with Gasteiger partial charge in [0.2, 0.25) is 0 Å². The lowest BCUT2D eigenvalue weighted by Crippen LogP contribution is -2.32. The third kappa shape index (κ3) is 3.84. The van der Waals surface area contributed by atoms with E-state index in [0.29, 0.717) is 5.56 Å². The van der Waals surface area contributed by atoms with Crippen LogP contribution in [0.3, 0.4) is 0 Å². The summed E-state index contributed by atoms with van der Waals surface area (Å²) in [6, 6.07) is 17.0. The maximum Gasteiger partial charge on any atom is 0.282 e. The normalized spacial score (nSPS) is 13.9. The first-order valence-corrected chi connectivity index (χ1v) is 10.1. The summed E-state index contributed by atoms with van der Waals surface area (Å²) in [5.41, 5.74) is 4.98. The molecular weight excluding hydrogens is 415 g/mol. The average Bonchev–Trinajstić information content (AvgIpc) is 2.97. The van der Waals surface area contributed by atoms with Crippen molar-refractivity contribution in [2.24, 2.45) is 0 Å². The van der Waals surface area contributed by atoms with Gasteiger partial charge in [0.15, 0.2) is 0 Å². The van der Waals surface area contributed by atoms with Gasteiger partial charge in [-0.1, -0.05) is 53.6 Å². The van der Waals surface area contributed by atoms with Gasteiger partial charge in [0.25, 0.3) is 11.8 Å². The summed E-state index contributed by atoms with van der Waals surface area (Å²) in [5.74, 6) is -1.64. The van der Waals surface area contributed by atoms with E-state index in [2.05, 4.69) is 5.32 Å². The monoisotopic (exact) mass is 434 g/mol. The number of anilines is 2. The zero-order chi connectivity index (χ0) is 22.3. The molecular formula is C25H20ClFN2O2. The molecule has 1 aliphatic rings. The van der Waals surface area contributed by atoms with Crippen LogP contribution in [0.5, 0.6) is 0 Å². The molecule has 1 heterocycles. The fourth-order valence-electron chi connectivity index (χ4n) is 3.50. The maximum absolute atomic E-state index is 13.7. The number of nitrogens with zero attached hydrogens (tertiary/aromatic N) is 1. The molecule has 0 unspecified atom stereocenters. The number of carbonyl (C=O) groups excluding carboxylic acids is 2. The van der Waals surface area contributed by atoms with Crippen molar-refractivity contribution in [3.63, 3.8) is 0 Å². The van der Waals surface area contributed by atoms with E-state index in [4.69, 9.17) is 11.6 Å². The van der Waals surface area contributed by atoms with Gasteiger partial charge in [-0.2, -0.15) is 0 Å². The second kappa shape index (κ2) is 8.00. The highest BCUT2D eigenvalue weighted by Gasteiger charge is 2.40. The smallest absolute Gasteiger partial charge is 0.282 e. The summed E-state index contributed by atoms with van der Waals surface area (Å²) in [6.45, 7) is 5.82. The second-order valence-electron chi connectivity index (χ2n) is 7.60. The summed E-state index contributed by atoms with van der Waals surface area (Å²) in [5, 5.41) is 3.02. The Balaban J connectivity index is 1.85. The lowest BCUT2D eigenvalue weighted by molar-refractivity contribution is -0.120. The standard InChI is InChI=1S/C25H20ClFN2O2/c1-14-5-8-17(9-6-14)22-23(28-21-12-15(2)4-7-16(21)3)25(31)29(24(22)30)18-10-11-20(27)19(26)13-18/h4-13,28H,1-3H3. The summed E-state index contributed by atoms with van der Waals surface area (Å²) < 4.78 is 13.7. The van der Waals surface area contributed by atoms with Gasteiger partial charge in [-0.15, -0.1) is 0 Å². The predicted molar refractivity (Wildman–Crippen MR) is 122 cm³/mol. The molecule has 31 heavy (non-hydrogen) atoms. The highest BCUT2D eigenvalue weighted by molar-refractivity contribution is 6.46. The molecule has 0 saturated heterocycles. The fraction of sp³-hybridized carbons (Fsp3) is 0.120. The minimum absolute atomic E-state index is 0.161. The molecule has 1 N–H and O–H groups in total. The van der Waals surface area contributed by atoms with Crippen LogP contribution in [-0.4, -0.2) is 11.8 Å². The van der Waals surface area contributed by atoms with Crippen LogP contribution in [-0.2, 0) is 9.59 Å². The van der Waals surface area contributed by atoms with Gasteiger partial charge in [0.05, 0.1) is 16.3 Å². The second-order valence-corrected chi connectivity index (χ2v) is 8.01. The minimum Gasteiger partial charge on any atom is -0.350 e. The van der Waals surface area contributed by atoms with E-state index in [1.54, 1.807) is 0 Å². The number of benzene rings is 3. The number of rotatable bonds is 4. The van der Waals surface area contributed by atoms with Crippen molar-refractivity contribution in [1.82, 2.24) is 0 Å². The molecule has 4 rings (SSSR count). The van der Waals surface area contributed by atoms with E-state index < -0.39 is 17.6 Å². The van der Waals surface area contributed by atoms with Crippen molar-refractivity contribution in [2.45, 2.75) is 20.8 Å². The quantitative estimate of drug-likeness (QED) is 0.528. The van der Waals surface area contributed by atoms with E-state index in [0.717, 1.165) is 33.3 Å². The van der Waals surface area contributed by atoms with Gasteiger partial charge in [-0.05, 0) is 61.7 Å². The van der Waals surface area contributed by atoms with E-state index >= 15 is 0 Å². The third-order valence-corrected chi connectivity index (χ3v) is 5.53. The fourth-order valence-corrected chi connectivity index (χ4v) is 3.67. The van der Waals surface area contributed by atoms with Crippen LogP contribution in [0, 0.1) is 26.6 Å². The minimum atomic E-state index is -0.620. The Bertz CT molecular complexity index is 1250. The third-order valence-electron chi connectivity index (χ3n) is 5.24. The van der Waals surface area contributed by atoms with Gasteiger partial charge in [0.1, 0.15) is 11.5 Å². The lowest BCUT2D eigenvalue weighted by Gasteiger charge is -2.16. The Hall–Kier alpha value is -3.44. The number of imide groups is 1. The Morgan fingerprint density at radius 3 is 2.19 bits per heavy atom. The van der Waals surface area contributed by atoms with Crippen LogP contribution in [0.1, 0.15) is 22.3 Å². The predicted octanol–water partition coefficient (Wildman–Crippen LogP) is 5.80. The molecule has 0 atom stereocenters. The molecule has 0 bridgehead atoms. The van der Waals surface area contributed by atoms with Gasteiger partial charge in [0, 0.05) is 5.69 Å². The van der Waals surface area contributed by atoms with Gasteiger partial charge >= 0.3 is 0 Å². The average molecular weight is 435 g/mol. The first-order chi connectivity index (χ1) is 14.8. The highest BCUT2D eigenvalue weighted by atomic mass is 35.5. The maximum atomic E-state index is 13.7. The van der Waals surface area contributed by atoms with Crippen molar-refractivity contribution < 1.29 is 14.0 Å². The molecule has 156 valence electrons. The van der Waals surface area contributed by atoms with Crippen LogP contribution in [0.2, 0.25) is 5.02 Å². The number of halogens is 2. The number of aryl methyl sites for hydroxylation is 3. The molecule has 0 fully saturated rings. The topological polar surface area (TPSA) is 49.4 Å². The Kier molecular flexibility index (Phi) is 5.38. The van der Waals surface area contributed by atoms with Crippen LogP contribution < -0.4 is 10.2 Å². The van der Waals surface area contributed by atoms with Gasteiger partial charge in [-0.25, -0.2) is 9.29 Å². The van der Waals surface area contributed by atoms with Crippen LogP contribution in [0.25, 0.3) is 5.57 Å². The molecule has 0 saturated carbocycles. The number of hydrogen-bond acceptors (Lipinski definition) is 3. The number of carbonyl (C=O) groups is 2. The van der Waals surface area contributed by atoms with E-state index in [-0.39, 0.29) is 22.0 Å². The number of hydrogen-bond donors (Lipinski definition) is 1. The first-order valence-electron chi connectivity index (χ1n) is 9.75. The number of amides is 2. The largest absolute Gasteiger partial charge is 0.350 e. The summed E-state index contributed by atoms with van der Waals surface area (Å²) in [7, 11) is 0. The molecule has 0 aliphatic carbocycles. The Morgan fingerprint density at radius 2 is 1.52 bits per heavy atom. The number of nitrogens with one attached hydrogen (secondary N) is 1. The van der Waals surface area contributed by atoms with Crippen molar-refractivity contribution >= 4 is 40.4 Å². The molecule has 0 radical (unpaired) electrons. The summed E-state index contributed by atoms with van der Waals surface area (Å²) in [4.78, 5) is 27.9. The Morgan fingerprint density at radius 1 is 0.839 bits per heavy atom. The van der Waals surface area contributed by atoms with E-state index in [1.165, 1.54) is 12.1 Å². The molecule has 0 aromatic heterocycles. The van der Waals surface area contributed by atoms with Gasteiger partial charge in [-0.3, -0.25) is 9.59 Å². The van der Waals surface area contributed by atoms with Crippen LogP contribution in [0.15, 0.2) is 66.4 Å². The summed E-state index contributed by atoms with van der Waals surface area (Å²) >= 11 is 5.91. The molecule has 3 aromatic carbocycles. The SMILES string of the molecule is Cc1ccc(C2=C(Nc3cc(C)ccc3C)C(=O)N(c3ccc(F)c(Cl)c3)C2=O)cc1. The summed E-state index contributed by atoms with van der Waals surface area (Å²) in [6.07, 6.45) is 0. The van der Waals surface area contributed by atoms with Crippen LogP contribution >= 0.6 is 11.6 Å². The zero-order valence-electron chi connectivity index (χ0n) is 17.3. The van der Waals surface area contributed by atoms with Crippen LogP contribution in [0.4, 0.5) is 15.8 Å². The lowest BCUT2D eigenvalue weighted by atomic mass is 10.0. The molecule has 3 aromatic rings. The van der Waals surface area contributed by atoms with Crippen molar-refractivity contribution in [3.05, 3.63) is 99.5 Å².